The Morgan fingerprint density at radius 3 is 2.67 bits per heavy atom. The van der Waals surface area contributed by atoms with Crippen molar-refractivity contribution in [3.8, 4) is 0 Å². The summed E-state index contributed by atoms with van der Waals surface area (Å²) in [6.45, 7) is 5.67. The molecule has 1 nitrogen and oxygen atoms in total. The standard InChI is InChI=1S/C6H7NS.BrH/c1-3-6-4-7-5(2)8-6;/h3-4H,1H2,2H3;1H. The first kappa shape index (κ1) is 8.85. The van der Waals surface area contributed by atoms with E-state index >= 15 is 0 Å². The zero-order valence-corrected chi connectivity index (χ0v) is 7.55. The van der Waals surface area contributed by atoms with Crippen LogP contribution in [0.1, 0.15) is 9.88 Å². The number of aryl methyl sites for hydroxylation is 1. The number of rotatable bonds is 1. The third kappa shape index (κ3) is 2.28. The van der Waals surface area contributed by atoms with Crippen molar-refractivity contribution >= 4 is 17.4 Å². The van der Waals surface area contributed by atoms with Crippen LogP contribution in [0.2, 0.25) is 0 Å². The average Bonchev–Trinajstić information content (AvgIpc) is 2.14. The molecular weight excluding hydrogens is 198 g/mol. The minimum atomic E-state index is 0. The van der Waals surface area contributed by atoms with Gasteiger partial charge in [-0.1, -0.05) is 17.9 Å². The molecule has 0 bridgehead atoms. The summed E-state index contributed by atoms with van der Waals surface area (Å²) in [6, 6.07) is 0. The fourth-order valence-corrected chi connectivity index (χ4v) is 1.18. The van der Waals surface area contributed by atoms with Crippen molar-refractivity contribution in [2.45, 2.75) is 6.92 Å². The maximum Gasteiger partial charge on any atom is 0.232 e. The molecule has 0 fully saturated rings. The first-order valence-electron chi connectivity index (χ1n) is 2.43. The molecule has 50 valence electrons. The molecule has 0 saturated carbocycles. The van der Waals surface area contributed by atoms with Gasteiger partial charge in [-0.25, -0.2) is 4.98 Å². The van der Waals surface area contributed by atoms with E-state index in [0.717, 1.165) is 0 Å². The Morgan fingerprint density at radius 1 is 1.78 bits per heavy atom. The second-order valence-electron chi connectivity index (χ2n) is 1.55. The monoisotopic (exact) mass is 205 g/mol. The van der Waals surface area contributed by atoms with Gasteiger partial charge in [0.1, 0.15) is 0 Å². The lowest BCUT2D eigenvalue weighted by Gasteiger charge is -1.66. The fourth-order valence-electron chi connectivity index (χ4n) is 0.509. The van der Waals surface area contributed by atoms with Crippen LogP contribution in [-0.4, -0.2) is 0 Å². The molecule has 0 spiro atoms. The van der Waals surface area contributed by atoms with Crippen LogP contribution < -0.4 is 22.0 Å². The molecule has 0 aliphatic rings. The minimum Gasteiger partial charge on any atom is -1.00 e. The quantitative estimate of drug-likeness (QED) is 0.532. The summed E-state index contributed by atoms with van der Waals surface area (Å²) >= 11 is 1.71. The van der Waals surface area contributed by atoms with Crippen LogP contribution in [0.25, 0.3) is 6.08 Å². The highest BCUT2D eigenvalue weighted by Gasteiger charge is 1.96. The van der Waals surface area contributed by atoms with Gasteiger partial charge in [0.05, 0.1) is 4.88 Å². The maximum absolute atomic E-state index is 3.63. The second-order valence-corrected chi connectivity index (χ2v) is 2.84. The molecule has 1 aromatic heterocycles. The Hall–Kier alpha value is -0.150. The van der Waals surface area contributed by atoms with Gasteiger partial charge < -0.3 is 17.0 Å². The number of nitrogens with one attached hydrogen (secondary N) is 1. The van der Waals surface area contributed by atoms with E-state index < -0.39 is 0 Å². The van der Waals surface area contributed by atoms with Gasteiger partial charge in [-0.3, -0.25) is 0 Å². The van der Waals surface area contributed by atoms with Crippen LogP contribution in [0, 0.1) is 6.92 Å². The molecule has 1 rings (SSSR count). The number of H-pyrrole nitrogens is 1. The van der Waals surface area contributed by atoms with Crippen molar-refractivity contribution in [1.29, 1.82) is 0 Å². The lowest BCUT2D eigenvalue weighted by atomic mass is 10.5. The van der Waals surface area contributed by atoms with Gasteiger partial charge in [0, 0.05) is 6.92 Å². The highest BCUT2D eigenvalue weighted by molar-refractivity contribution is 7.12. The van der Waals surface area contributed by atoms with Crippen LogP contribution in [0.4, 0.5) is 0 Å². The van der Waals surface area contributed by atoms with Crippen LogP contribution >= 0.6 is 11.3 Å². The Bertz CT molecular complexity index is 195. The lowest BCUT2D eigenvalue weighted by Crippen LogP contribution is -3.00. The molecule has 0 radical (unpaired) electrons. The summed E-state index contributed by atoms with van der Waals surface area (Å²) in [6.07, 6.45) is 3.79. The topological polar surface area (TPSA) is 14.1 Å². The molecule has 0 atom stereocenters. The van der Waals surface area contributed by atoms with Gasteiger partial charge in [0.15, 0.2) is 6.20 Å². The maximum atomic E-state index is 3.63. The normalized spacial score (nSPS) is 8.11. The lowest BCUT2D eigenvalue weighted by molar-refractivity contribution is -0.379. The summed E-state index contributed by atoms with van der Waals surface area (Å²) in [7, 11) is 0. The molecule has 1 heterocycles. The molecular formula is C6H8BrNS. The van der Waals surface area contributed by atoms with Crippen molar-refractivity contribution in [3.63, 3.8) is 0 Å². The van der Waals surface area contributed by atoms with Crippen molar-refractivity contribution in [1.82, 2.24) is 0 Å². The number of hydrogen-bond donors (Lipinski definition) is 0. The zero-order chi connectivity index (χ0) is 5.98. The average molecular weight is 206 g/mol. The molecule has 0 unspecified atom stereocenters. The Morgan fingerprint density at radius 2 is 2.44 bits per heavy atom. The number of aromatic nitrogens is 1. The molecule has 3 heteroatoms. The summed E-state index contributed by atoms with van der Waals surface area (Å²) < 4.78 is 0. The molecule has 0 aliphatic carbocycles. The summed E-state index contributed by atoms with van der Waals surface area (Å²) in [5, 5.41) is 1.22. The smallest absolute Gasteiger partial charge is 0.232 e. The van der Waals surface area contributed by atoms with E-state index in [0.29, 0.717) is 0 Å². The predicted molar refractivity (Wildman–Crippen MR) is 35.7 cm³/mol. The van der Waals surface area contributed by atoms with Gasteiger partial charge >= 0.3 is 0 Å². The van der Waals surface area contributed by atoms with Gasteiger partial charge in [-0.05, 0) is 6.08 Å². The van der Waals surface area contributed by atoms with E-state index in [1.807, 2.05) is 19.2 Å². The SMILES string of the molecule is C=Cc1c[nH+]c(C)s1.[Br-]. The molecule has 0 aromatic carbocycles. The summed E-state index contributed by atoms with van der Waals surface area (Å²) in [5.41, 5.74) is 0. The van der Waals surface area contributed by atoms with Gasteiger partial charge in [-0.15, -0.1) is 0 Å². The highest BCUT2D eigenvalue weighted by Crippen LogP contribution is 2.07. The zero-order valence-electron chi connectivity index (χ0n) is 5.15. The van der Waals surface area contributed by atoms with E-state index in [9.17, 15) is 0 Å². The van der Waals surface area contributed by atoms with Crippen LogP contribution in [0.15, 0.2) is 12.8 Å². The number of thiazole rings is 1. The molecule has 9 heavy (non-hydrogen) atoms. The van der Waals surface area contributed by atoms with Crippen molar-refractivity contribution in [2.75, 3.05) is 0 Å². The number of hydrogen-bond acceptors (Lipinski definition) is 1. The molecule has 0 aliphatic heterocycles. The summed E-state index contributed by atoms with van der Waals surface area (Å²) in [5.74, 6) is 0. The van der Waals surface area contributed by atoms with E-state index in [-0.39, 0.29) is 17.0 Å². The van der Waals surface area contributed by atoms with Crippen molar-refractivity contribution < 1.29 is 22.0 Å². The molecule has 0 saturated heterocycles. The second kappa shape index (κ2) is 3.80. The van der Waals surface area contributed by atoms with E-state index in [2.05, 4.69) is 11.6 Å². The Balaban J connectivity index is 0.000000640. The minimum absolute atomic E-state index is 0. The predicted octanol–water partition coefficient (Wildman–Crippen LogP) is -1.48. The summed E-state index contributed by atoms with van der Waals surface area (Å²) in [4.78, 5) is 4.26. The van der Waals surface area contributed by atoms with Crippen LogP contribution in [-0.2, 0) is 0 Å². The third-order valence-corrected chi connectivity index (χ3v) is 1.83. The van der Waals surface area contributed by atoms with Crippen molar-refractivity contribution in [3.05, 3.63) is 22.7 Å². The molecule has 1 N–H and O–H groups in total. The Kier molecular flexibility index (Phi) is 3.73. The fraction of sp³-hybridized carbons (Fsp3) is 0.167. The van der Waals surface area contributed by atoms with Gasteiger partial charge in [0.25, 0.3) is 0 Å². The van der Waals surface area contributed by atoms with Crippen molar-refractivity contribution in [2.24, 2.45) is 0 Å². The van der Waals surface area contributed by atoms with Crippen LogP contribution in [0.5, 0.6) is 0 Å². The molecule has 0 amide bonds. The molecule has 1 aromatic rings. The Labute approximate surface area is 69.2 Å². The third-order valence-electron chi connectivity index (χ3n) is 0.890. The number of halogens is 1. The van der Waals surface area contributed by atoms with Gasteiger partial charge in [-0.2, -0.15) is 0 Å². The number of aromatic amines is 1. The van der Waals surface area contributed by atoms with E-state index in [1.165, 1.54) is 9.88 Å². The first-order valence-corrected chi connectivity index (χ1v) is 3.25. The van der Waals surface area contributed by atoms with Gasteiger partial charge in [0.2, 0.25) is 5.01 Å². The van der Waals surface area contributed by atoms with Crippen LogP contribution in [0.3, 0.4) is 0 Å². The first-order chi connectivity index (χ1) is 3.83. The highest BCUT2D eigenvalue weighted by atomic mass is 79.9. The van der Waals surface area contributed by atoms with E-state index in [1.54, 1.807) is 11.3 Å². The largest absolute Gasteiger partial charge is 1.00 e. The van der Waals surface area contributed by atoms with E-state index in [4.69, 9.17) is 0 Å².